The third kappa shape index (κ3) is 4.06. The van der Waals surface area contributed by atoms with Gasteiger partial charge in [0.1, 0.15) is 11.5 Å². The number of aryl methyl sites for hydroxylation is 1. The molecule has 0 bridgehead atoms. The van der Waals surface area contributed by atoms with Crippen LogP contribution in [0.25, 0.3) is 33.3 Å². The Labute approximate surface area is 194 Å². The lowest BCUT2D eigenvalue weighted by atomic mass is 9.74. The zero-order chi connectivity index (χ0) is 24.0. The van der Waals surface area contributed by atoms with Crippen LogP contribution < -0.4 is 10.6 Å². The van der Waals surface area contributed by atoms with Crippen molar-refractivity contribution in [3.63, 3.8) is 0 Å². The first-order valence-electron chi connectivity index (χ1n) is 11.3. The van der Waals surface area contributed by atoms with Gasteiger partial charge in [0.2, 0.25) is 11.9 Å². The summed E-state index contributed by atoms with van der Waals surface area (Å²) in [6, 6.07) is 2.00. The molecule has 9 nitrogen and oxygen atoms in total. The first-order valence-corrected chi connectivity index (χ1v) is 11.3. The molecule has 11 heteroatoms. The van der Waals surface area contributed by atoms with E-state index < -0.39 is 13.0 Å². The molecule has 1 aliphatic rings. The molecule has 34 heavy (non-hydrogen) atoms. The summed E-state index contributed by atoms with van der Waals surface area (Å²) in [6.45, 7) is 5.15. The van der Waals surface area contributed by atoms with Gasteiger partial charge < -0.3 is 20.2 Å². The number of nitrogens with zero attached hydrogens (tertiary/aromatic N) is 5. The Balaban J connectivity index is 1.36. The van der Waals surface area contributed by atoms with E-state index in [9.17, 15) is 13.6 Å². The molecule has 1 fully saturated rings. The molecule has 1 aliphatic carbocycles. The van der Waals surface area contributed by atoms with E-state index in [0.717, 1.165) is 29.4 Å². The summed E-state index contributed by atoms with van der Waals surface area (Å²) in [5, 5.41) is 7.19. The van der Waals surface area contributed by atoms with Gasteiger partial charge in [0.25, 0.3) is 6.43 Å². The lowest BCUT2D eigenvalue weighted by Gasteiger charge is -2.45. The molecule has 0 unspecified atom stereocenters. The molecule has 0 atom stereocenters. The van der Waals surface area contributed by atoms with Crippen molar-refractivity contribution in [1.82, 2.24) is 34.8 Å². The number of alkyl halides is 2. The van der Waals surface area contributed by atoms with E-state index in [1.165, 1.54) is 4.57 Å². The third-order valence-electron chi connectivity index (χ3n) is 6.35. The van der Waals surface area contributed by atoms with E-state index in [2.05, 4.69) is 35.6 Å². The molecule has 5 rings (SSSR count). The van der Waals surface area contributed by atoms with E-state index in [1.807, 2.05) is 26.1 Å². The van der Waals surface area contributed by atoms with Gasteiger partial charge in [-0.15, -0.1) is 0 Å². The number of fused-ring (bicyclic) bond motifs is 2. The second-order valence-corrected chi connectivity index (χ2v) is 9.10. The summed E-state index contributed by atoms with van der Waals surface area (Å²) in [7, 11) is 0. The maximum atomic E-state index is 13.0. The van der Waals surface area contributed by atoms with Crippen LogP contribution in [-0.4, -0.2) is 53.4 Å². The molecule has 0 aromatic carbocycles. The monoisotopic (exact) mass is 468 g/mol. The predicted octanol–water partition coefficient (Wildman–Crippen LogP) is 3.80. The van der Waals surface area contributed by atoms with Crippen LogP contribution in [-0.2, 0) is 11.3 Å². The standard InChI is InChI=1S/C23H26F2N8O/c1-4-19(34)32-23(3)6-14(7-23)30-22-28-10-16-15(9-27-20(16)31-22)13-5-17-21(26-8-13)29-12(2)33(17)11-18(24)25/h5,8-10,14,18H,4,6-7,11H2,1-3H3,(H,32,34)(H2,27,28,30,31)/t14-,23-. The highest BCUT2D eigenvalue weighted by Gasteiger charge is 2.41. The molecule has 0 spiro atoms. The van der Waals surface area contributed by atoms with Gasteiger partial charge >= 0.3 is 0 Å². The number of aromatic amines is 1. The molecule has 1 amide bonds. The minimum atomic E-state index is -2.48. The molecule has 0 aliphatic heterocycles. The van der Waals surface area contributed by atoms with Gasteiger partial charge in [0.05, 0.1) is 12.1 Å². The molecule has 1 saturated carbocycles. The quantitative estimate of drug-likeness (QED) is 0.380. The number of H-pyrrole nitrogens is 1. The first kappa shape index (κ1) is 22.2. The largest absolute Gasteiger partial charge is 0.351 e. The van der Waals surface area contributed by atoms with Gasteiger partial charge in [-0.05, 0) is 32.8 Å². The second-order valence-electron chi connectivity index (χ2n) is 9.10. The number of pyridine rings is 1. The average molecular weight is 469 g/mol. The second kappa shape index (κ2) is 8.30. The van der Waals surface area contributed by atoms with Gasteiger partial charge in [-0.1, -0.05) is 6.92 Å². The SMILES string of the molecule is CCC(=O)N[C@]1(C)C[C@@H](Nc2ncc3c(-c4cnc5nc(C)n(CC(F)F)c5c4)c[nH]c3n2)C1. The fourth-order valence-electron chi connectivity index (χ4n) is 4.69. The number of halogens is 2. The molecular weight excluding hydrogens is 442 g/mol. The number of carbonyl (C=O) groups excluding carboxylic acids is 1. The summed E-state index contributed by atoms with van der Waals surface area (Å²) in [5.74, 6) is 1.06. The van der Waals surface area contributed by atoms with Crippen molar-refractivity contribution >= 4 is 34.1 Å². The van der Waals surface area contributed by atoms with Crippen LogP contribution in [0.1, 0.15) is 38.9 Å². The minimum Gasteiger partial charge on any atom is -0.351 e. The van der Waals surface area contributed by atoms with Crippen LogP contribution in [0, 0.1) is 6.92 Å². The van der Waals surface area contributed by atoms with Crippen LogP contribution in [0.2, 0.25) is 0 Å². The molecule has 178 valence electrons. The number of hydrogen-bond donors (Lipinski definition) is 3. The zero-order valence-corrected chi connectivity index (χ0v) is 19.2. The Morgan fingerprint density at radius 3 is 2.82 bits per heavy atom. The lowest BCUT2D eigenvalue weighted by Crippen LogP contribution is -2.59. The predicted molar refractivity (Wildman–Crippen MR) is 125 cm³/mol. The van der Waals surface area contributed by atoms with E-state index in [0.29, 0.717) is 35.0 Å². The summed E-state index contributed by atoms with van der Waals surface area (Å²) in [5.41, 5.74) is 3.05. The van der Waals surface area contributed by atoms with Crippen molar-refractivity contribution < 1.29 is 13.6 Å². The van der Waals surface area contributed by atoms with Crippen LogP contribution in [0.3, 0.4) is 0 Å². The number of anilines is 1. The van der Waals surface area contributed by atoms with Crippen molar-refractivity contribution in [2.75, 3.05) is 5.32 Å². The smallest absolute Gasteiger partial charge is 0.256 e. The lowest BCUT2D eigenvalue weighted by molar-refractivity contribution is -0.123. The summed E-state index contributed by atoms with van der Waals surface area (Å²) in [6.07, 6.45) is 4.81. The van der Waals surface area contributed by atoms with Crippen LogP contribution in [0.15, 0.2) is 24.7 Å². The topological polar surface area (TPSA) is 113 Å². The molecule has 3 N–H and O–H groups in total. The van der Waals surface area contributed by atoms with Crippen molar-refractivity contribution in [2.24, 2.45) is 0 Å². The Kier molecular flexibility index (Phi) is 5.41. The normalized spacial score (nSPS) is 20.1. The Morgan fingerprint density at radius 2 is 2.09 bits per heavy atom. The van der Waals surface area contributed by atoms with E-state index in [-0.39, 0.29) is 17.5 Å². The van der Waals surface area contributed by atoms with Crippen molar-refractivity contribution in [3.05, 3.63) is 30.5 Å². The van der Waals surface area contributed by atoms with Gasteiger partial charge in [-0.3, -0.25) is 4.79 Å². The van der Waals surface area contributed by atoms with Gasteiger partial charge in [0.15, 0.2) is 5.65 Å². The number of rotatable bonds is 7. The number of nitrogens with one attached hydrogen (secondary N) is 3. The summed E-state index contributed by atoms with van der Waals surface area (Å²) < 4.78 is 27.6. The van der Waals surface area contributed by atoms with Crippen molar-refractivity contribution in [2.45, 2.75) is 64.6 Å². The number of hydrogen-bond acceptors (Lipinski definition) is 6. The van der Waals surface area contributed by atoms with Crippen LogP contribution in [0.5, 0.6) is 0 Å². The molecule has 4 aromatic rings. The molecule has 4 aromatic heterocycles. The maximum Gasteiger partial charge on any atom is 0.256 e. The molecule has 0 radical (unpaired) electrons. The van der Waals surface area contributed by atoms with E-state index >= 15 is 0 Å². The number of amides is 1. The molecular formula is C23H26F2N8O. The van der Waals surface area contributed by atoms with Gasteiger partial charge in [-0.2, -0.15) is 4.98 Å². The minimum absolute atomic E-state index is 0.0534. The number of carbonyl (C=O) groups is 1. The highest BCUT2D eigenvalue weighted by atomic mass is 19.3. The maximum absolute atomic E-state index is 13.0. The summed E-state index contributed by atoms with van der Waals surface area (Å²) >= 11 is 0. The van der Waals surface area contributed by atoms with Crippen molar-refractivity contribution in [3.8, 4) is 11.1 Å². The first-order chi connectivity index (χ1) is 16.2. The van der Waals surface area contributed by atoms with Gasteiger partial charge in [-0.25, -0.2) is 23.7 Å². The highest BCUT2D eigenvalue weighted by Crippen LogP contribution is 2.34. The Bertz CT molecular complexity index is 1370. The Morgan fingerprint density at radius 1 is 1.29 bits per heavy atom. The highest BCUT2D eigenvalue weighted by molar-refractivity contribution is 5.95. The van der Waals surface area contributed by atoms with Crippen LogP contribution in [0.4, 0.5) is 14.7 Å². The zero-order valence-electron chi connectivity index (χ0n) is 19.2. The molecule has 0 saturated heterocycles. The van der Waals surface area contributed by atoms with Crippen LogP contribution >= 0.6 is 0 Å². The van der Waals surface area contributed by atoms with E-state index in [4.69, 9.17) is 0 Å². The summed E-state index contributed by atoms with van der Waals surface area (Å²) in [4.78, 5) is 32.6. The van der Waals surface area contributed by atoms with E-state index in [1.54, 1.807) is 19.3 Å². The third-order valence-corrected chi connectivity index (χ3v) is 6.35. The fraction of sp³-hybridized carbons (Fsp3) is 0.435. The van der Waals surface area contributed by atoms with Gasteiger partial charge in [0, 0.05) is 53.1 Å². The number of imidazole rings is 1. The molecule has 4 heterocycles. The average Bonchev–Trinajstić information content (AvgIpc) is 3.32. The fourth-order valence-corrected chi connectivity index (χ4v) is 4.69. The number of aromatic nitrogens is 6. The Hall–Kier alpha value is -3.63. The van der Waals surface area contributed by atoms with Crippen molar-refractivity contribution in [1.29, 1.82) is 0 Å².